The van der Waals surface area contributed by atoms with Gasteiger partial charge in [-0.05, 0) is 26.3 Å². The molecular weight excluding hydrogens is 262 g/mol. The Morgan fingerprint density at radius 3 is 2.19 bits per heavy atom. The maximum atomic E-state index is 4.32. The van der Waals surface area contributed by atoms with E-state index in [9.17, 15) is 0 Å². The summed E-state index contributed by atoms with van der Waals surface area (Å²) in [4.78, 5) is 9.40. The fourth-order valence-corrected chi connectivity index (χ4v) is 2.47. The molecule has 0 spiro atoms. The summed E-state index contributed by atoms with van der Waals surface area (Å²) in [5.74, 6) is 1.51. The lowest BCUT2D eigenvalue weighted by Gasteiger charge is -2.37. The average Bonchev–Trinajstić information content (AvgIpc) is 2.50. The quantitative estimate of drug-likeness (QED) is 0.571. The first-order chi connectivity index (χ1) is 9.97. The van der Waals surface area contributed by atoms with E-state index in [2.05, 4.69) is 60.0 Å². The van der Waals surface area contributed by atoms with Crippen LogP contribution in [-0.4, -0.2) is 74.2 Å². The van der Waals surface area contributed by atoms with Crippen molar-refractivity contribution in [3.63, 3.8) is 0 Å². The first-order valence-electron chi connectivity index (χ1n) is 8.41. The van der Waals surface area contributed by atoms with E-state index in [0.29, 0.717) is 18.0 Å². The lowest BCUT2D eigenvalue weighted by molar-refractivity contribution is 0.107. The van der Waals surface area contributed by atoms with Crippen LogP contribution in [0.3, 0.4) is 0 Å². The van der Waals surface area contributed by atoms with Gasteiger partial charge in [-0.15, -0.1) is 0 Å². The summed E-state index contributed by atoms with van der Waals surface area (Å²) < 4.78 is 0. The van der Waals surface area contributed by atoms with Gasteiger partial charge in [-0.2, -0.15) is 0 Å². The molecule has 2 atom stereocenters. The molecule has 1 aliphatic rings. The summed E-state index contributed by atoms with van der Waals surface area (Å²) in [6.45, 7) is 18.0. The zero-order valence-corrected chi connectivity index (χ0v) is 14.8. The fraction of sp³-hybridized carbons (Fsp3) is 0.938. The highest BCUT2D eigenvalue weighted by Crippen LogP contribution is 2.05. The van der Waals surface area contributed by atoms with Crippen molar-refractivity contribution in [3.05, 3.63) is 0 Å². The van der Waals surface area contributed by atoms with Gasteiger partial charge in [-0.25, -0.2) is 0 Å². The molecule has 1 heterocycles. The highest BCUT2D eigenvalue weighted by atomic mass is 15.3. The third-order valence-corrected chi connectivity index (χ3v) is 4.63. The highest BCUT2D eigenvalue weighted by molar-refractivity contribution is 5.79. The third-order valence-electron chi connectivity index (χ3n) is 4.63. The smallest absolute Gasteiger partial charge is 0.191 e. The number of aliphatic imine (C=N–C) groups is 1. The number of nitrogens with one attached hydrogen (secondary N) is 2. The molecule has 0 aromatic carbocycles. The second kappa shape index (κ2) is 9.26. The molecule has 0 amide bonds. The number of likely N-dealkylation sites (N-methyl/N-ethyl adjacent to an activating group) is 1. The van der Waals surface area contributed by atoms with Crippen LogP contribution >= 0.6 is 0 Å². The maximum absolute atomic E-state index is 4.32. The number of rotatable bonds is 6. The summed E-state index contributed by atoms with van der Waals surface area (Å²) in [6.07, 6.45) is 0. The van der Waals surface area contributed by atoms with Gasteiger partial charge in [0.2, 0.25) is 0 Å². The maximum Gasteiger partial charge on any atom is 0.191 e. The van der Waals surface area contributed by atoms with E-state index < -0.39 is 0 Å². The zero-order chi connectivity index (χ0) is 15.8. The molecule has 1 fully saturated rings. The van der Waals surface area contributed by atoms with Crippen molar-refractivity contribution in [2.75, 3.05) is 46.3 Å². The standard InChI is InChI=1S/C16H35N5/c1-7-20-8-10-21(11-9-20)14(4)12-18-16(17-6)19-15(5)13(2)3/h13-15H,7-12H2,1-6H3,(H2,17,18,19). The van der Waals surface area contributed by atoms with Crippen LogP contribution in [0.1, 0.15) is 34.6 Å². The van der Waals surface area contributed by atoms with Gasteiger partial charge in [0.25, 0.3) is 0 Å². The van der Waals surface area contributed by atoms with Crippen LogP contribution in [0, 0.1) is 5.92 Å². The van der Waals surface area contributed by atoms with Crippen molar-refractivity contribution in [1.82, 2.24) is 20.4 Å². The lowest BCUT2D eigenvalue weighted by atomic mass is 10.1. The molecule has 0 radical (unpaired) electrons. The van der Waals surface area contributed by atoms with Crippen molar-refractivity contribution in [2.24, 2.45) is 10.9 Å². The van der Waals surface area contributed by atoms with E-state index in [1.54, 1.807) is 0 Å². The van der Waals surface area contributed by atoms with E-state index >= 15 is 0 Å². The number of piperazine rings is 1. The van der Waals surface area contributed by atoms with Crippen LogP contribution in [0.25, 0.3) is 0 Å². The molecule has 0 aromatic rings. The number of hydrogen-bond donors (Lipinski definition) is 2. The van der Waals surface area contributed by atoms with Gasteiger partial charge in [0.05, 0.1) is 0 Å². The summed E-state index contributed by atoms with van der Waals surface area (Å²) in [6, 6.07) is 0.969. The Kier molecular flexibility index (Phi) is 8.04. The molecule has 21 heavy (non-hydrogen) atoms. The lowest BCUT2D eigenvalue weighted by Crippen LogP contribution is -2.53. The van der Waals surface area contributed by atoms with Gasteiger partial charge in [0.15, 0.2) is 5.96 Å². The Balaban J connectivity index is 2.32. The Hall–Kier alpha value is -0.810. The minimum atomic E-state index is 0.430. The van der Waals surface area contributed by atoms with Crippen LogP contribution in [0.2, 0.25) is 0 Å². The summed E-state index contributed by atoms with van der Waals surface area (Å²) in [7, 11) is 1.84. The molecule has 0 aliphatic carbocycles. The Morgan fingerprint density at radius 2 is 1.71 bits per heavy atom. The Labute approximate surface area is 131 Å². The molecule has 0 saturated carbocycles. The van der Waals surface area contributed by atoms with E-state index in [0.717, 1.165) is 12.5 Å². The first kappa shape index (κ1) is 18.2. The zero-order valence-electron chi connectivity index (χ0n) is 14.8. The van der Waals surface area contributed by atoms with Crippen molar-refractivity contribution < 1.29 is 0 Å². The van der Waals surface area contributed by atoms with E-state index in [-0.39, 0.29) is 0 Å². The van der Waals surface area contributed by atoms with Gasteiger partial charge in [-0.3, -0.25) is 9.89 Å². The SMILES string of the molecule is CCN1CCN(C(C)CNC(=NC)NC(C)C(C)C)CC1. The predicted octanol–water partition coefficient (Wildman–Crippen LogP) is 1.22. The molecule has 1 saturated heterocycles. The van der Waals surface area contributed by atoms with Gasteiger partial charge in [0.1, 0.15) is 0 Å². The second-order valence-corrected chi connectivity index (χ2v) is 6.45. The van der Waals surface area contributed by atoms with E-state index in [1.165, 1.54) is 32.7 Å². The summed E-state index contributed by atoms with van der Waals surface area (Å²) in [5, 5.41) is 6.91. The fourth-order valence-electron chi connectivity index (χ4n) is 2.47. The van der Waals surface area contributed by atoms with E-state index in [1.807, 2.05) is 7.05 Å². The predicted molar refractivity (Wildman–Crippen MR) is 91.9 cm³/mol. The molecule has 0 aromatic heterocycles. The first-order valence-corrected chi connectivity index (χ1v) is 8.41. The molecule has 2 unspecified atom stereocenters. The van der Waals surface area contributed by atoms with Crippen molar-refractivity contribution in [3.8, 4) is 0 Å². The second-order valence-electron chi connectivity index (χ2n) is 6.45. The Bertz CT molecular complexity index is 308. The normalized spacial score (nSPS) is 21.4. The minimum Gasteiger partial charge on any atom is -0.355 e. The van der Waals surface area contributed by atoms with Gasteiger partial charge < -0.3 is 15.5 Å². The Morgan fingerprint density at radius 1 is 1.10 bits per heavy atom. The minimum absolute atomic E-state index is 0.430. The van der Waals surface area contributed by atoms with Gasteiger partial charge >= 0.3 is 0 Å². The third kappa shape index (κ3) is 6.22. The molecule has 1 aliphatic heterocycles. The van der Waals surface area contributed by atoms with Crippen LogP contribution in [-0.2, 0) is 0 Å². The monoisotopic (exact) mass is 297 g/mol. The van der Waals surface area contributed by atoms with Crippen molar-refractivity contribution in [2.45, 2.75) is 46.7 Å². The average molecular weight is 297 g/mol. The largest absolute Gasteiger partial charge is 0.355 e. The molecular formula is C16H35N5. The molecule has 5 nitrogen and oxygen atoms in total. The number of nitrogens with zero attached hydrogens (tertiary/aromatic N) is 3. The van der Waals surface area contributed by atoms with Crippen LogP contribution < -0.4 is 10.6 Å². The van der Waals surface area contributed by atoms with Crippen molar-refractivity contribution in [1.29, 1.82) is 0 Å². The van der Waals surface area contributed by atoms with Crippen LogP contribution in [0.15, 0.2) is 4.99 Å². The highest BCUT2D eigenvalue weighted by Gasteiger charge is 2.20. The molecule has 124 valence electrons. The topological polar surface area (TPSA) is 42.9 Å². The number of guanidine groups is 1. The van der Waals surface area contributed by atoms with Gasteiger partial charge in [0, 0.05) is 51.9 Å². The summed E-state index contributed by atoms with van der Waals surface area (Å²) >= 11 is 0. The molecule has 0 bridgehead atoms. The molecule has 2 N–H and O–H groups in total. The van der Waals surface area contributed by atoms with Crippen LogP contribution in [0.5, 0.6) is 0 Å². The van der Waals surface area contributed by atoms with Crippen LogP contribution in [0.4, 0.5) is 0 Å². The van der Waals surface area contributed by atoms with Crippen molar-refractivity contribution >= 4 is 5.96 Å². The number of hydrogen-bond acceptors (Lipinski definition) is 3. The van der Waals surface area contributed by atoms with E-state index in [4.69, 9.17) is 0 Å². The summed E-state index contributed by atoms with van der Waals surface area (Å²) in [5.41, 5.74) is 0. The van der Waals surface area contributed by atoms with Gasteiger partial charge in [-0.1, -0.05) is 20.8 Å². The molecule has 5 heteroatoms. The molecule has 1 rings (SSSR count).